The predicted octanol–water partition coefficient (Wildman–Crippen LogP) is 8.09. The highest BCUT2D eigenvalue weighted by atomic mass is 16.3. The van der Waals surface area contributed by atoms with Crippen LogP contribution in [0.4, 0.5) is 0 Å². The first-order valence-electron chi connectivity index (χ1n) is 10.6. The van der Waals surface area contributed by atoms with Crippen molar-refractivity contribution in [3.05, 3.63) is 102 Å². The Labute approximate surface area is 180 Å². The van der Waals surface area contributed by atoms with Gasteiger partial charge in [0, 0.05) is 27.9 Å². The Kier molecular flexibility index (Phi) is 3.94. The van der Waals surface area contributed by atoms with E-state index in [4.69, 9.17) is 9.40 Å². The van der Waals surface area contributed by atoms with Crippen LogP contribution in [0.5, 0.6) is 0 Å². The lowest BCUT2D eigenvalue weighted by Crippen LogP contribution is -1.89. The number of rotatable bonds is 2. The Morgan fingerprint density at radius 3 is 2.23 bits per heavy atom. The number of hydrogen-bond donors (Lipinski definition) is 0. The zero-order valence-electron chi connectivity index (χ0n) is 17.5. The van der Waals surface area contributed by atoms with E-state index in [-0.39, 0.29) is 0 Å². The highest BCUT2D eigenvalue weighted by molar-refractivity contribution is 6.16. The zero-order valence-corrected chi connectivity index (χ0v) is 17.5. The molecule has 6 rings (SSSR count). The van der Waals surface area contributed by atoms with E-state index in [1.54, 1.807) is 0 Å². The molecule has 2 heterocycles. The monoisotopic (exact) mass is 399 g/mol. The molecule has 0 atom stereocenters. The number of fused-ring (bicyclic) bond motifs is 5. The second-order valence-electron chi connectivity index (χ2n) is 8.18. The quantitative estimate of drug-likeness (QED) is 0.294. The minimum Gasteiger partial charge on any atom is -0.455 e. The van der Waals surface area contributed by atoms with E-state index in [9.17, 15) is 0 Å². The van der Waals surface area contributed by atoms with Gasteiger partial charge in [-0.3, -0.25) is 4.98 Å². The average Bonchev–Trinajstić information content (AvgIpc) is 3.18. The number of furan rings is 1. The molecule has 0 unspecified atom stereocenters. The molecule has 0 aliphatic carbocycles. The number of aromatic nitrogens is 1. The van der Waals surface area contributed by atoms with E-state index >= 15 is 0 Å². The molecule has 0 N–H and O–H groups in total. The Bertz CT molecular complexity index is 1590. The molecular weight excluding hydrogens is 378 g/mol. The Morgan fingerprint density at radius 1 is 0.613 bits per heavy atom. The Hall–Kier alpha value is -3.91. The largest absolute Gasteiger partial charge is 0.455 e. The van der Waals surface area contributed by atoms with Gasteiger partial charge < -0.3 is 4.42 Å². The van der Waals surface area contributed by atoms with Crippen LogP contribution < -0.4 is 0 Å². The lowest BCUT2D eigenvalue weighted by atomic mass is 9.98. The summed E-state index contributed by atoms with van der Waals surface area (Å²) in [7, 11) is 0. The normalized spacial score (nSPS) is 11.5. The van der Waals surface area contributed by atoms with Gasteiger partial charge in [-0.2, -0.15) is 0 Å². The number of pyridine rings is 1. The van der Waals surface area contributed by atoms with Gasteiger partial charge in [0.1, 0.15) is 11.2 Å². The van der Waals surface area contributed by atoms with Crippen LogP contribution >= 0.6 is 0 Å². The van der Waals surface area contributed by atoms with Crippen LogP contribution in [0.15, 0.2) is 95.5 Å². The minimum atomic E-state index is 0.895. The molecule has 6 aromatic rings. The molecule has 31 heavy (non-hydrogen) atoms. The van der Waals surface area contributed by atoms with Crippen molar-refractivity contribution in [2.75, 3.05) is 0 Å². The molecule has 0 aliphatic heterocycles. The molecule has 0 bridgehead atoms. The molecule has 148 valence electrons. The Balaban J connectivity index is 1.55. The van der Waals surface area contributed by atoms with Crippen LogP contribution in [0.25, 0.3) is 55.1 Å². The first-order valence-corrected chi connectivity index (χ1v) is 10.6. The summed E-state index contributed by atoms with van der Waals surface area (Å²) in [6.07, 6.45) is 1.96. The third kappa shape index (κ3) is 2.83. The smallest absolute Gasteiger partial charge is 0.143 e. The topological polar surface area (TPSA) is 26.0 Å². The second-order valence-corrected chi connectivity index (χ2v) is 8.18. The van der Waals surface area contributed by atoms with Gasteiger partial charge in [0.2, 0.25) is 0 Å². The maximum absolute atomic E-state index is 6.39. The number of benzene rings is 4. The Morgan fingerprint density at radius 2 is 1.39 bits per heavy atom. The van der Waals surface area contributed by atoms with E-state index in [1.165, 1.54) is 33.0 Å². The standard InChI is InChI=1S/C29H21NO/c1-18-14-26-23-13-12-21(15-28(23)31-29(26)24-11-7-6-10-22(18)24)27-16-25(19(2)17-30-27)20-8-4-3-5-9-20/h3-17H,1-2H3. The van der Waals surface area contributed by atoms with Gasteiger partial charge in [0.25, 0.3) is 0 Å². The lowest BCUT2D eigenvalue weighted by molar-refractivity contribution is 0.673. The molecule has 4 aromatic carbocycles. The van der Waals surface area contributed by atoms with Crippen molar-refractivity contribution in [2.45, 2.75) is 13.8 Å². The van der Waals surface area contributed by atoms with E-state index < -0.39 is 0 Å². The summed E-state index contributed by atoms with van der Waals surface area (Å²) in [6, 6.07) is 29.8. The summed E-state index contributed by atoms with van der Waals surface area (Å²) in [5, 5.41) is 4.71. The van der Waals surface area contributed by atoms with Crippen molar-refractivity contribution >= 4 is 32.7 Å². The molecule has 0 fully saturated rings. The maximum atomic E-state index is 6.39. The predicted molar refractivity (Wildman–Crippen MR) is 129 cm³/mol. The molecule has 0 spiro atoms. The SMILES string of the molecule is Cc1cnc(-c2ccc3c(c2)oc2c4ccccc4c(C)cc32)cc1-c1ccccc1. The van der Waals surface area contributed by atoms with E-state index in [0.717, 1.165) is 33.2 Å². The molecule has 2 nitrogen and oxygen atoms in total. The van der Waals surface area contributed by atoms with E-state index in [2.05, 4.69) is 92.7 Å². The fourth-order valence-electron chi connectivity index (χ4n) is 4.55. The van der Waals surface area contributed by atoms with Gasteiger partial charge in [-0.25, -0.2) is 0 Å². The molecule has 2 aromatic heterocycles. The number of aryl methyl sites for hydroxylation is 2. The van der Waals surface area contributed by atoms with Gasteiger partial charge in [-0.1, -0.05) is 60.7 Å². The molecule has 0 saturated heterocycles. The second kappa shape index (κ2) is 6.82. The number of nitrogens with zero attached hydrogens (tertiary/aromatic N) is 1. The van der Waals surface area contributed by atoms with Crippen LogP contribution in [0, 0.1) is 13.8 Å². The summed E-state index contributed by atoms with van der Waals surface area (Å²) in [5.41, 5.74) is 8.70. The van der Waals surface area contributed by atoms with Gasteiger partial charge >= 0.3 is 0 Å². The van der Waals surface area contributed by atoms with Crippen LogP contribution in [0.1, 0.15) is 11.1 Å². The molecule has 0 aliphatic rings. The van der Waals surface area contributed by atoms with Crippen LogP contribution in [-0.4, -0.2) is 4.98 Å². The third-order valence-electron chi connectivity index (χ3n) is 6.17. The van der Waals surface area contributed by atoms with Crippen LogP contribution in [0.3, 0.4) is 0 Å². The van der Waals surface area contributed by atoms with Gasteiger partial charge in [-0.05, 0) is 65.8 Å². The molecule has 0 radical (unpaired) electrons. The summed E-state index contributed by atoms with van der Waals surface area (Å²) < 4.78 is 6.39. The molecule has 2 heteroatoms. The summed E-state index contributed by atoms with van der Waals surface area (Å²) >= 11 is 0. The fourth-order valence-corrected chi connectivity index (χ4v) is 4.55. The number of hydrogen-bond acceptors (Lipinski definition) is 2. The van der Waals surface area contributed by atoms with Gasteiger partial charge in [-0.15, -0.1) is 0 Å². The van der Waals surface area contributed by atoms with Crippen LogP contribution in [0.2, 0.25) is 0 Å². The first-order chi connectivity index (χ1) is 15.2. The summed E-state index contributed by atoms with van der Waals surface area (Å²) in [6.45, 7) is 4.27. The van der Waals surface area contributed by atoms with Crippen molar-refractivity contribution in [1.82, 2.24) is 4.98 Å². The third-order valence-corrected chi connectivity index (χ3v) is 6.17. The van der Waals surface area contributed by atoms with Gasteiger partial charge in [0.05, 0.1) is 5.69 Å². The fraction of sp³-hybridized carbons (Fsp3) is 0.0690. The highest BCUT2D eigenvalue weighted by Crippen LogP contribution is 2.37. The zero-order chi connectivity index (χ0) is 20.9. The first kappa shape index (κ1) is 17.9. The van der Waals surface area contributed by atoms with Crippen LogP contribution in [-0.2, 0) is 0 Å². The van der Waals surface area contributed by atoms with Crippen molar-refractivity contribution in [2.24, 2.45) is 0 Å². The van der Waals surface area contributed by atoms with Crippen molar-refractivity contribution in [3.63, 3.8) is 0 Å². The van der Waals surface area contributed by atoms with Crippen molar-refractivity contribution < 1.29 is 4.42 Å². The van der Waals surface area contributed by atoms with Crippen molar-refractivity contribution in [3.8, 4) is 22.4 Å². The molecular formula is C29H21NO. The highest BCUT2D eigenvalue weighted by Gasteiger charge is 2.14. The lowest BCUT2D eigenvalue weighted by Gasteiger charge is -2.09. The van der Waals surface area contributed by atoms with Crippen molar-refractivity contribution in [1.29, 1.82) is 0 Å². The van der Waals surface area contributed by atoms with E-state index in [0.29, 0.717) is 0 Å². The molecule has 0 saturated carbocycles. The average molecular weight is 399 g/mol. The van der Waals surface area contributed by atoms with E-state index in [1.807, 2.05) is 12.3 Å². The van der Waals surface area contributed by atoms with Gasteiger partial charge in [0.15, 0.2) is 0 Å². The minimum absolute atomic E-state index is 0.895. The summed E-state index contributed by atoms with van der Waals surface area (Å²) in [5.74, 6) is 0. The maximum Gasteiger partial charge on any atom is 0.143 e. The molecule has 0 amide bonds. The summed E-state index contributed by atoms with van der Waals surface area (Å²) in [4.78, 5) is 4.72.